The molecule has 0 saturated carbocycles. The Kier molecular flexibility index (Phi) is 8.52. The van der Waals surface area contributed by atoms with Gasteiger partial charge in [-0.15, -0.1) is 24.8 Å². The number of rotatable bonds is 3. The van der Waals surface area contributed by atoms with E-state index >= 15 is 0 Å². The van der Waals surface area contributed by atoms with Crippen LogP contribution in [-0.2, 0) is 22.3 Å². The maximum atomic E-state index is 12.5. The van der Waals surface area contributed by atoms with E-state index in [0.29, 0.717) is 32.5 Å². The summed E-state index contributed by atoms with van der Waals surface area (Å²) >= 11 is 0. The molecule has 0 unspecified atom stereocenters. The molecule has 1 aliphatic rings. The lowest BCUT2D eigenvalue weighted by atomic mass is 9.88. The summed E-state index contributed by atoms with van der Waals surface area (Å²) in [4.78, 5) is 13.7. The highest BCUT2D eigenvalue weighted by molar-refractivity contribution is 5.85. The second-order valence-corrected chi connectivity index (χ2v) is 5.62. The van der Waals surface area contributed by atoms with Gasteiger partial charge in [-0.2, -0.15) is 13.2 Å². The number of hydrogen-bond acceptors (Lipinski definition) is 4. The zero-order valence-electron chi connectivity index (χ0n) is 13.1. The van der Waals surface area contributed by atoms with Gasteiger partial charge >= 0.3 is 12.1 Å². The van der Waals surface area contributed by atoms with Crippen LogP contribution in [0.2, 0.25) is 0 Å². The Labute approximate surface area is 151 Å². The number of alkyl halides is 3. The van der Waals surface area contributed by atoms with E-state index in [4.69, 9.17) is 10.5 Å². The lowest BCUT2D eigenvalue weighted by Crippen LogP contribution is -2.55. The van der Waals surface area contributed by atoms with Gasteiger partial charge in [-0.25, -0.2) is 0 Å². The number of nitrogens with two attached hydrogens (primary N) is 1. The molecule has 1 heterocycles. The summed E-state index contributed by atoms with van der Waals surface area (Å²) < 4.78 is 42.2. The Morgan fingerprint density at radius 3 is 2.12 bits per heavy atom. The first-order valence-electron chi connectivity index (χ1n) is 7.00. The van der Waals surface area contributed by atoms with Crippen LogP contribution in [0.25, 0.3) is 0 Å². The fourth-order valence-corrected chi connectivity index (χ4v) is 2.57. The van der Waals surface area contributed by atoms with Crippen molar-refractivity contribution in [2.45, 2.75) is 31.1 Å². The Morgan fingerprint density at radius 1 is 1.21 bits per heavy atom. The average molecular weight is 389 g/mol. The van der Waals surface area contributed by atoms with Gasteiger partial charge in [0.15, 0.2) is 0 Å². The molecule has 0 spiro atoms. The molecule has 2 N–H and O–H groups in total. The fourth-order valence-electron chi connectivity index (χ4n) is 2.57. The number of halogens is 5. The number of benzene rings is 1. The zero-order chi connectivity index (χ0) is 16.4. The Balaban J connectivity index is 0.00000264. The van der Waals surface area contributed by atoms with E-state index in [1.807, 2.05) is 0 Å². The number of carbonyl (C=O) groups excluding carboxylic acids is 1. The molecule has 24 heavy (non-hydrogen) atoms. The van der Waals surface area contributed by atoms with Crippen LogP contribution in [0.15, 0.2) is 24.3 Å². The highest BCUT2D eigenvalue weighted by atomic mass is 35.5. The molecule has 0 aliphatic carbocycles. The van der Waals surface area contributed by atoms with Gasteiger partial charge in [0, 0.05) is 19.6 Å². The molecule has 1 saturated heterocycles. The molecule has 1 aromatic carbocycles. The van der Waals surface area contributed by atoms with E-state index in [-0.39, 0.29) is 24.8 Å². The van der Waals surface area contributed by atoms with Crippen LogP contribution in [0.3, 0.4) is 0 Å². The molecule has 0 aromatic heterocycles. The normalized spacial score (nSPS) is 17.4. The van der Waals surface area contributed by atoms with Gasteiger partial charge in [-0.05, 0) is 30.5 Å². The number of likely N-dealkylation sites (tertiary alicyclic amines) is 1. The third-order valence-electron chi connectivity index (χ3n) is 4.03. The number of methoxy groups -OCH3 is 1. The van der Waals surface area contributed by atoms with E-state index in [1.165, 1.54) is 19.2 Å². The summed E-state index contributed by atoms with van der Waals surface area (Å²) in [6, 6.07) is 5.13. The van der Waals surface area contributed by atoms with Crippen molar-refractivity contribution in [3.05, 3.63) is 35.4 Å². The van der Waals surface area contributed by atoms with Gasteiger partial charge in [0.05, 0.1) is 12.7 Å². The monoisotopic (exact) mass is 388 g/mol. The summed E-state index contributed by atoms with van der Waals surface area (Å²) in [5, 5.41) is 0. The van der Waals surface area contributed by atoms with Gasteiger partial charge in [0.2, 0.25) is 0 Å². The van der Waals surface area contributed by atoms with Crippen molar-refractivity contribution in [1.29, 1.82) is 0 Å². The first-order valence-corrected chi connectivity index (χ1v) is 7.00. The highest BCUT2D eigenvalue weighted by Gasteiger charge is 2.38. The summed E-state index contributed by atoms with van der Waals surface area (Å²) in [5.41, 5.74) is 5.21. The maximum absolute atomic E-state index is 12.5. The first kappa shape index (κ1) is 23.0. The van der Waals surface area contributed by atoms with Crippen molar-refractivity contribution in [2.75, 3.05) is 20.2 Å². The molecule has 0 amide bonds. The third kappa shape index (κ3) is 5.51. The van der Waals surface area contributed by atoms with E-state index in [0.717, 1.165) is 17.7 Å². The summed E-state index contributed by atoms with van der Waals surface area (Å²) in [6.45, 7) is 1.74. The Morgan fingerprint density at radius 2 is 1.71 bits per heavy atom. The van der Waals surface area contributed by atoms with Crippen molar-refractivity contribution >= 4 is 30.8 Å². The van der Waals surface area contributed by atoms with Crippen molar-refractivity contribution in [3.8, 4) is 0 Å². The third-order valence-corrected chi connectivity index (χ3v) is 4.03. The fraction of sp³-hybridized carbons (Fsp3) is 0.533. The number of carbonyl (C=O) groups is 1. The maximum Gasteiger partial charge on any atom is 0.416 e. The van der Waals surface area contributed by atoms with Gasteiger partial charge in [0.1, 0.15) is 5.54 Å². The van der Waals surface area contributed by atoms with Crippen LogP contribution in [0, 0.1) is 0 Å². The van der Waals surface area contributed by atoms with Crippen LogP contribution in [0.4, 0.5) is 13.2 Å². The Bertz CT molecular complexity index is 531. The van der Waals surface area contributed by atoms with Crippen molar-refractivity contribution < 1.29 is 22.7 Å². The lowest BCUT2D eigenvalue weighted by Gasteiger charge is -2.37. The van der Waals surface area contributed by atoms with Crippen LogP contribution < -0.4 is 5.73 Å². The minimum Gasteiger partial charge on any atom is -0.468 e. The van der Waals surface area contributed by atoms with E-state index in [1.54, 1.807) is 0 Å². The molecular weight excluding hydrogens is 368 g/mol. The standard InChI is InChI=1S/C15H19F3N2O2.2ClH/c1-22-13(21)14(19)6-8-20(9-7-14)10-11-2-4-12(5-3-11)15(16,17)18;;/h2-5H,6-10,19H2,1H3;2*1H. The van der Waals surface area contributed by atoms with Crippen molar-refractivity contribution in [2.24, 2.45) is 5.73 Å². The molecule has 1 aliphatic heterocycles. The molecule has 0 bridgehead atoms. The lowest BCUT2D eigenvalue weighted by molar-refractivity contribution is -0.149. The number of hydrogen-bond donors (Lipinski definition) is 1. The second kappa shape index (κ2) is 8.89. The number of ether oxygens (including phenoxy) is 1. The van der Waals surface area contributed by atoms with Crippen LogP contribution >= 0.6 is 24.8 Å². The largest absolute Gasteiger partial charge is 0.468 e. The van der Waals surface area contributed by atoms with Crippen molar-refractivity contribution in [3.63, 3.8) is 0 Å². The SMILES string of the molecule is COC(=O)C1(N)CCN(Cc2ccc(C(F)(F)F)cc2)CC1.Cl.Cl. The summed E-state index contributed by atoms with van der Waals surface area (Å²) in [5.74, 6) is -0.415. The van der Waals surface area contributed by atoms with Crippen LogP contribution in [0.1, 0.15) is 24.0 Å². The number of piperidine rings is 1. The molecule has 9 heteroatoms. The molecule has 1 aromatic rings. The summed E-state index contributed by atoms with van der Waals surface area (Å²) in [6.07, 6.45) is -3.37. The number of nitrogens with zero attached hydrogens (tertiary/aromatic N) is 1. The average Bonchev–Trinajstić information content (AvgIpc) is 2.48. The minimum absolute atomic E-state index is 0. The number of esters is 1. The van der Waals surface area contributed by atoms with Crippen molar-refractivity contribution in [1.82, 2.24) is 4.90 Å². The van der Waals surface area contributed by atoms with Crippen LogP contribution in [-0.4, -0.2) is 36.6 Å². The minimum atomic E-state index is -4.32. The van der Waals surface area contributed by atoms with Gasteiger partial charge in [-0.3, -0.25) is 9.69 Å². The Hall–Kier alpha value is -1.02. The van der Waals surface area contributed by atoms with Gasteiger partial charge in [0.25, 0.3) is 0 Å². The molecule has 2 rings (SSSR count). The molecule has 138 valence electrons. The molecule has 0 atom stereocenters. The van der Waals surface area contributed by atoms with Crippen LogP contribution in [0.5, 0.6) is 0 Å². The predicted molar refractivity (Wildman–Crippen MR) is 89.4 cm³/mol. The van der Waals surface area contributed by atoms with E-state index in [2.05, 4.69) is 4.90 Å². The smallest absolute Gasteiger partial charge is 0.416 e. The zero-order valence-corrected chi connectivity index (χ0v) is 14.8. The van der Waals surface area contributed by atoms with Gasteiger partial charge in [-0.1, -0.05) is 12.1 Å². The molecule has 0 radical (unpaired) electrons. The summed E-state index contributed by atoms with van der Waals surface area (Å²) in [7, 11) is 1.31. The van der Waals surface area contributed by atoms with Gasteiger partial charge < -0.3 is 10.5 Å². The first-order chi connectivity index (χ1) is 10.2. The molecule has 1 fully saturated rings. The van der Waals surface area contributed by atoms with E-state index in [9.17, 15) is 18.0 Å². The van der Waals surface area contributed by atoms with E-state index < -0.39 is 23.2 Å². The highest BCUT2D eigenvalue weighted by Crippen LogP contribution is 2.29. The quantitative estimate of drug-likeness (QED) is 0.808. The second-order valence-electron chi connectivity index (χ2n) is 5.62. The predicted octanol–water partition coefficient (Wildman–Crippen LogP) is 3.02. The molecular formula is C15H21Cl2F3N2O2. The topological polar surface area (TPSA) is 55.6 Å². The molecule has 4 nitrogen and oxygen atoms in total.